The van der Waals surface area contributed by atoms with Crippen molar-refractivity contribution in [2.24, 2.45) is 0 Å². The minimum atomic E-state index is -0.316. The van der Waals surface area contributed by atoms with E-state index in [1.165, 1.54) is 27.4 Å². The van der Waals surface area contributed by atoms with E-state index < -0.39 is 0 Å². The molecule has 0 spiro atoms. The summed E-state index contributed by atoms with van der Waals surface area (Å²) in [6, 6.07) is 20.1. The lowest BCUT2D eigenvalue weighted by atomic mass is 10.1. The summed E-state index contributed by atoms with van der Waals surface area (Å²) in [6.07, 6.45) is 2.76. The smallest absolute Gasteiger partial charge is 0.290 e. The molecule has 0 saturated carbocycles. The van der Waals surface area contributed by atoms with Gasteiger partial charge >= 0.3 is 0 Å². The standard InChI is InChI=1S/C24H25N5O2S/c1-2-17-10-12-19(13-11-17)20-15-21-23(31)26-27-24(29(21)28-20)32-16-22(30)25-14-6-9-18-7-4-3-5-8-18/h3-5,7-8,10-13,15H,2,6,9,14,16H2,1H3,(H,25,30)(H,26,31). The molecular weight excluding hydrogens is 422 g/mol. The summed E-state index contributed by atoms with van der Waals surface area (Å²) in [5.41, 5.74) is 4.21. The highest BCUT2D eigenvalue weighted by atomic mass is 32.2. The Labute approximate surface area is 190 Å². The second kappa shape index (κ2) is 10.3. The number of rotatable bonds is 9. The minimum absolute atomic E-state index is 0.0771. The van der Waals surface area contributed by atoms with Gasteiger partial charge in [-0.2, -0.15) is 5.10 Å². The first kappa shape index (κ1) is 21.8. The average molecular weight is 448 g/mol. The lowest BCUT2D eigenvalue weighted by Gasteiger charge is -2.06. The quantitative estimate of drug-likeness (QED) is 0.303. The number of H-pyrrole nitrogens is 1. The molecule has 7 nitrogen and oxygen atoms in total. The van der Waals surface area contributed by atoms with E-state index in [9.17, 15) is 9.59 Å². The summed E-state index contributed by atoms with van der Waals surface area (Å²) < 4.78 is 1.51. The minimum Gasteiger partial charge on any atom is -0.355 e. The molecule has 4 aromatic rings. The number of carbonyl (C=O) groups is 1. The fourth-order valence-electron chi connectivity index (χ4n) is 3.38. The Morgan fingerprint density at radius 3 is 2.62 bits per heavy atom. The van der Waals surface area contributed by atoms with Crippen LogP contribution in [0.15, 0.2) is 70.6 Å². The van der Waals surface area contributed by atoms with Crippen molar-refractivity contribution in [3.05, 3.63) is 82.1 Å². The Hall–Kier alpha value is -3.39. The molecule has 2 aromatic carbocycles. The maximum Gasteiger partial charge on any atom is 0.290 e. The number of hydrogen-bond acceptors (Lipinski definition) is 5. The van der Waals surface area contributed by atoms with Crippen LogP contribution in [0.1, 0.15) is 24.5 Å². The molecule has 0 bridgehead atoms. The van der Waals surface area contributed by atoms with E-state index in [2.05, 4.69) is 51.8 Å². The molecule has 2 aromatic heterocycles. The van der Waals surface area contributed by atoms with Gasteiger partial charge in [0.15, 0.2) is 0 Å². The molecule has 0 saturated heterocycles. The number of nitrogens with one attached hydrogen (secondary N) is 2. The summed E-state index contributed by atoms with van der Waals surface area (Å²) in [6.45, 7) is 2.72. The molecule has 0 fully saturated rings. The van der Waals surface area contributed by atoms with Crippen molar-refractivity contribution in [1.82, 2.24) is 25.1 Å². The van der Waals surface area contributed by atoms with E-state index in [4.69, 9.17) is 0 Å². The fourth-order valence-corrected chi connectivity index (χ4v) is 4.12. The van der Waals surface area contributed by atoms with Gasteiger partial charge < -0.3 is 5.32 Å². The van der Waals surface area contributed by atoms with Gasteiger partial charge in [-0.05, 0) is 36.5 Å². The average Bonchev–Trinajstić information content (AvgIpc) is 3.29. The summed E-state index contributed by atoms with van der Waals surface area (Å²) in [4.78, 5) is 24.5. The number of hydrogen-bond donors (Lipinski definition) is 2. The third kappa shape index (κ3) is 5.26. The van der Waals surface area contributed by atoms with Crippen LogP contribution >= 0.6 is 11.8 Å². The molecule has 8 heteroatoms. The van der Waals surface area contributed by atoms with Gasteiger partial charge in [-0.25, -0.2) is 9.61 Å². The molecule has 2 heterocycles. The Morgan fingerprint density at radius 2 is 1.88 bits per heavy atom. The predicted octanol–water partition coefficient (Wildman–Crippen LogP) is 3.49. The van der Waals surface area contributed by atoms with Crippen LogP contribution in [-0.2, 0) is 17.6 Å². The predicted molar refractivity (Wildman–Crippen MR) is 127 cm³/mol. The number of fused-ring (bicyclic) bond motifs is 1. The van der Waals surface area contributed by atoms with Crippen molar-refractivity contribution < 1.29 is 4.79 Å². The van der Waals surface area contributed by atoms with Crippen LogP contribution in [0.4, 0.5) is 0 Å². The van der Waals surface area contributed by atoms with Gasteiger partial charge in [-0.15, -0.1) is 5.10 Å². The molecule has 0 aliphatic rings. The molecule has 0 aliphatic heterocycles. The van der Waals surface area contributed by atoms with Crippen molar-refractivity contribution in [3.8, 4) is 11.3 Å². The zero-order valence-electron chi connectivity index (χ0n) is 17.9. The van der Waals surface area contributed by atoms with E-state index in [0.29, 0.717) is 22.9 Å². The molecule has 0 aliphatic carbocycles. The number of aryl methyl sites for hydroxylation is 2. The molecule has 4 rings (SSSR count). The van der Waals surface area contributed by atoms with Gasteiger partial charge in [0.2, 0.25) is 11.1 Å². The molecule has 32 heavy (non-hydrogen) atoms. The zero-order chi connectivity index (χ0) is 22.3. The maximum atomic E-state index is 12.3. The summed E-state index contributed by atoms with van der Waals surface area (Å²) in [7, 11) is 0. The lowest BCUT2D eigenvalue weighted by Crippen LogP contribution is -2.26. The second-order valence-electron chi connectivity index (χ2n) is 7.44. The van der Waals surface area contributed by atoms with E-state index in [1.807, 2.05) is 30.3 Å². The van der Waals surface area contributed by atoms with Gasteiger partial charge in [0.1, 0.15) is 5.52 Å². The Morgan fingerprint density at radius 1 is 1.09 bits per heavy atom. The topological polar surface area (TPSA) is 92.1 Å². The van der Waals surface area contributed by atoms with E-state index >= 15 is 0 Å². The number of amides is 1. The lowest BCUT2D eigenvalue weighted by molar-refractivity contribution is -0.118. The number of carbonyl (C=O) groups excluding carboxylic acids is 1. The first-order chi connectivity index (χ1) is 15.6. The third-order valence-electron chi connectivity index (χ3n) is 5.17. The van der Waals surface area contributed by atoms with Gasteiger partial charge in [0.25, 0.3) is 5.56 Å². The maximum absolute atomic E-state index is 12.3. The van der Waals surface area contributed by atoms with Crippen LogP contribution in [0.2, 0.25) is 0 Å². The second-order valence-corrected chi connectivity index (χ2v) is 8.38. The number of thioether (sulfide) groups is 1. The van der Waals surface area contributed by atoms with Crippen LogP contribution in [0.5, 0.6) is 0 Å². The number of aromatic nitrogens is 4. The summed E-state index contributed by atoms with van der Waals surface area (Å²) in [5.74, 6) is 0.117. The monoisotopic (exact) mass is 447 g/mol. The zero-order valence-corrected chi connectivity index (χ0v) is 18.7. The van der Waals surface area contributed by atoms with Crippen molar-refractivity contribution in [3.63, 3.8) is 0 Å². The number of nitrogens with zero attached hydrogens (tertiary/aromatic N) is 3. The Balaban J connectivity index is 1.38. The normalized spacial score (nSPS) is 11.0. The molecule has 0 atom stereocenters. The fraction of sp³-hybridized carbons (Fsp3) is 0.250. The third-order valence-corrected chi connectivity index (χ3v) is 6.10. The molecule has 2 N–H and O–H groups in total. The molecule has 0 radical (unpaired) electrons. The molecular formula is C24H25N5O2S. The Bertz CT molecular complexity index is 1250. The van der Waals surface area contributed by atoms with Crippen LogP contribution in [-0.4, -0.2) is 38.0 Å². The SMILES string of the molecule is CCc1ccc(-c2cc3c(=O)[nH]nc(SCC(=O)NCCCc4ccccc4)n3n2)cc1. The summed E-state index contributed by atoms with van der Waals surface area (Å²) in [5, 5.41) is 14.6. The van der Waals surface area contributed by atoms with Gasteiger partial charge in [-0.3, -0.25) is 9.59 Å². The van der Waals surface area contributed by atoms with Crippen molar-refractivity contribution in [2.75, 3.05) is 12.3 Å². The van der Waals surface area contributed by atoms with Crippen molar-refractivity contribution in [1.29, 1.82) is 0 Å². The van der Waals surface area contributed by atoms with Crippen molar-refractivity contribution >= 4 is 23.2 Å². The molecule has 0 unspecified atom stereocenters. The van der Waals surface area contributed by atoms with E-state index in [0.717, 1.165) is 24.8 Å². The largest absolute Gasteiger partial charge is 0.355 e. The first-order valence-corrected chi connectivity index (χ1v) is 11.6. The van der Waals surface area contributed by atoms with Crippen molar-refractivity contribution in [2.45, 2.75) is 31.3 Å². The molecule has 1 amide bonds. The number of benzene rings is 2. The van der Waals surface area contributed by atoms with Crippen LogP contribution in [0.3, 0.4) is 0 Å². The van der Waals surface area contributed by atoms with E-state index in [-0.39, 0.29) is 17.2 Å². The Kier molecular flexibility index (Phi) is 7.01. The highest BCUT2D eigenvalue weighted by molar-refractivity contribution is 7.99. The van der Waals surface area contributed by atoms with Crippen LogP contribution in [0, 0.1) is 0 Å². The van der Waals surface area contributed by atoms with Crippen LogP contribution in [0.25, 0.3) is 16.8 Å². The van der Waals surface area contributed by atoms with Gasteiger partial charge in [0, 0.05) is 12.1 Å². The van der Waals surface area contributed by atoms with E-state index in [1.54, 1.807) is 6.07 Å². The van der Waals surface area contributed by atoms with Crippen LogP contribution < -0.4 is 10.9 Å². The molecule has 164 valence electrons. The highest BCUT2D eigenvalue weighted by Gasteiger charge is 2.13. The first-order valence-electron chi connectivity index (χ1n) is 10.6. The van der Waals surface area contributed by atoms with Gasteiger partial charge in [0.05, 0.1) is 11.4 Å². The summed E-state index contributed by atoms with van der Waals surface area (Å²) >= 11 is 1.24. The highest BCUT2D eigenvalue weighted by Crippen LogP contribution is 2.22. The number of aromatic amines is 1. The van der Waals surface area contributed by atoms with Gasteiger partial charge in [-0.1, -0.05) is 73.3 Å².